The van der Waals surface area contributed by atoms with E-state index in [0.29, 0.717) is 19.8 Å². The molecule has 2 unspecified atom stereocenters. The molecular weight excluding hydrogens is 304 g/mol. The van der Waals surface area contributed by atoms with Gasteiger partial charge in [0, 0.05) is 24.6 Å². The normalized spacial score (nSPS) is 19.1. The van der Waals surface area contributed by atoms with Crippen LogP contribution in [0.2, 0.25) is 0 Å². The number of hydrogen-bond donors (Lipinski definition) is 1. The Hall–Kier alpha value is -2.34. The number of imidazole rings is 1. The highest BCUT2D eigenvalue weighted by Gasteiger charge is 2.26. The molecule has 1 aliphatic heterocycles. The van der Waals surface area contributed by atoms with Crippen molar-refractivity contribution in [1.29, 1.82) is 0 Å². The van der Waals surface area contributed by atoms with Crippen LogP contribution in [0.15, 0.2) is 43.0 Å². The van der Waals surface area contributed by atoms with Gasteiger partial charge in [-0.2, -0.15) is 0 Å². The number of morpholine rings is 1. The number of nitrogens with zero attached hydrogens (tertiary/aromatic N) is 3. The second-order valence-electron chi connectivity index (χ2n) is 6.07. The molecule has 0 aliphatic carbocycles. The average Bonchev–Trinajstić information content (AvgIpc) is 3.16. The average molecular weight is 328 g/mol. The van der Waals surface area contributed by atoms with Crippen molar-refractivity contribution in [2.75, 3.05) is 19.8 Å². The molecule has 2 aromatic rings. The van der Waals surface area contributed by atoms with Gasteiger partial charge in [-0.15, -0.1) is 0 Å². The summed E-state index contributed by atoms with van der Waals surface area (Å²) in [6.07, 6.45) is 6.32. The van der Waals surface area contributed by atoms with Crippen molar-refractivity contribution in [1.82, 2.24) is 19.8 Å². The number of carbonyl (C=O) groups excluding carboxylic acids is 1. The summed E-state index contributed by atoms with van der Waals surface area (Å²) in [5.41, 5.74) is 2.10. The zero-order valence-corrected chi connectivity index (χ0v) is 14.2. The SMILES string of the molecule is CCC1COCCN1C(=O)NC(C)c1cccc(-n2ccnc2)c1. The molecule has 0 saturated carbocycles. The minimum Gasteiger partial charge on any atom is -0.377 e. The molecule has 24 heavy (non-hydrogen) atoms. The number of urea groups is 1. The van der Waals surface area contributed by atoms with Gasteiger partial charge in [-0.25, -0.2) is 9.78 Å². The number of aromatic nitrogens is 2. The lowest BCUT2D eigenvalue weighted by Crippen LogP contribution is -2.52. The third-order valence-electron chi connectivity index (χ3n) is 4.47. The van der Waals surface area contributed by atoms with Crippen LogP contribution < -0.4 is 5.32 Å². The van der Waals surface area contributed by atoms with Crippen molar-refractivity contribution in [2.45, 2.75) is 32.4 Å². The van der Waals surface area contributed by atoms with E-state index in [1.165, 1.54) is 0 Å². The maximum atomic E-state index is 12.6. The molecule has 2 amide bonds. The lowest BCUT2D eigenvalue weighted by molar-refractivity contribution is 0.0108. The molecule has 2 heterocycles. The van der Waals surface area contributed by atoms with Crippen molar-refractivity contribution < 1.29 is 9.53 Å². The molecular formula is C18H24N4O2. The Labute approximate surface area is 142 Å². The van der Waals surface area contributed by atoms with Crippen LogP contribution in [0.3, 0.4) is 0 Å². The lowest BCUT2D eigenvalue weighted by atomic mass is 10.1. The fourth-order valence-corrected chi connectivity index (χ4v) is 2.98. The summed E-state index contributed by atoms with van der Waals surface area (Å²) in [5.74, 6) is 0. The van der Waals surface area contributed by atoms with Crippen molar-refractivity contribution in [3.8, 4) is 5.69 Å². The number of nitrogens with one attached hydrogen (secondary N) is 1. The van der Waals surface area contributed by atoms with Gasteiger partial charge in [0.2, 0.25) is 0 Å². The molecule has 3 rings (SSSR count). The van der Waals surface area contributed by atoms with Gasteiger partial charge in [-0.1, -0.05) is 19.1 Å². The first-order chi connectivity index (χ1) is 11.7. The highest BCUT2D eigenvalue weighted by molar-refractivity contribution is 5.75. The van der Waals surface area contributed by atoms with Crippen LogP contribution in [0.25, 0.3) is 5.69 Å². The summed E-state index contributed by atoms with van der Waals surface area (Å²) in [4.78, 5) is 18.6. The summed E-state index contributed by atoms with van der Waals surface area (Å²) in [6, 6.07) is 8.19. The Morgan fingerprint density at radius 2 is 2.38 bits per heavy atom. The maximum Gasteiger partial charge on any atom is 0.318 e. The third kappa shape index (κ3) is 3.59. The summed E-state index contributed by atoms with van der Waals surface area (Å²) in [6.45, 7) is 5.96. The molecule has 0 bridgehead atoms. The molecule has 6 nitrogen and oxygen atoms in total. The molecule has 1 fully saturated rings. The number of carbonyl (C=O) groups is 1. The van der Waals surface area contributed by atoms with Gasteiger partial charge in [0.05, 0.1) is 31.6 Å². The van der Waals surface area contributed by atoms with Crippen LogP contribution in [0.5, 0.6) is 0 Å². The Bertz CT molecular complexity index is 671. The number of hydrogen-bond acceptors (Lipinski definition) is 3. The quantitative estimate of drug-likeness (QED) is 0.939. The summed E-state index contributed by atoms with van der Waals surface area (Å²) in [5, 5.41) is 3.11. The summed E-state index contributed by atoms with van der Waals surface area (Å²) in [7, 11) is 0. The molecule has 2 atom stereocenters. The molecule has 1 saturated heterocycles. The largest absolute Gasteiger partial charge is 0.377 e. The second kappa shape index (κ2) is 7.49. The standard InChI is InChI=1S/C18H24N4O2/c1-3-16-12-24-10-9-22(16)18(23)20-14(2)15-5-4-6-17(11-15)21-8-7-19-13-21/h4-8,11,13-14,16H,3,9-10,12H2,1-2H3,(H,20,23). The molecule has 1 aliphatic rings. The van der Waals surface area contributed by atoms with Gasteiger partial charge >= 0.3 is 6.03 Å². The van der Waals surface area contributed by atoms with Crippen LogP contribution in [0.1, 0.15) is 31.9 Å². The zero-order chi connectivity index (χ0) is 16.9. The molecule has 6 heteroatoms. The Kier molecular flexibility index (Phi) is 5.15. The van der Waals surface area contributed by atoms with E-state index in [1.54, 1.807) is 12.5 Å². The minimum absolute atomic E-state index is 0.0225. The van der Waals surface area contributed by atoms with Crippen molar-refractivity contribution in [2.24, 2.45) is 0 Å². The molecule has 0 spiro atoms. The van der Waals surface area contributed by atoms with Gasteiger partial charge in [0.1, 0.15) is 0 Å². The Morgan fingerprint density at radius 3 is 3.12 bits per heavy atom. The Morgan fingerprint density at radius 1 is 1.50 bits per heavy atom. The first-order valence-electron chi connectivity index (χ1n) is 8.42. The monoisotopic (exact) mass is 328 g/mol. The number of rotatable bonds is 4. The maximum absolute atomic E-state index is 12.6. The van der Waals surface area contributed by atoms with E-state index in [4.69, 9.17) is 4.74 Å². The van der Waals surface area contributed by atoms with E-state index < -0.39 is 0 Å². The predicted octanol–water partition coefficient (Wildman–Crippen LogP) is 2.75. The van der Waals surface area contributed by atoms with Crippen LogP contribution in [0.4, 0.5) is 4.79 Å². The summed E-state index contributed by atoms with van der Waals surface area (Å²) >= 11 is 0. The zero-order valence-electron chi connectivity index (χ0n) is 14.2. The van der Waals surface area contributed by atoms with E-state index in [1.807, 2.05) is 40.8 Å². The van der Waals surface area contributed by atoms with E-state index in [0.717, 1.165) is 17.7 Å². The van der Waals surface area contributed by atoms with E-state index in [2.05, 4.69) is 23.3 Å². The van der Waals surface area contributed by atoms with Gasteiger partial charge in [-0.05, 0) is 31.0 Å². The van der Waals surface area contributed by atoms with E-state index >= 15 is 0 Å². The minimum atomic E-state index is -0.0682. The first kappa shape index (κ1) is 16.5. The predicted molar refractivity (Wildman–Crippen MR) is 92.1 cm³/mol. The van der Waals surface area contributed by atoms with Crippen molar-refractivity contribution >= 4 is 6.03 Å². The third-order valence-corrected chi connectivity index (χ3v) is 4.47. The fraction of sp³-hybridized carbons (Fsp3) is 0.444. The fourth-order valence-electron chi connectivity index (χ4n) is 2.98. The molecule has 1 aromatic carbocycles. The van der Waals surface area contributed by atoms with Gasteiger partial charge in [0.15, 0.2) is 0 Å². The number of benzene rings is 1. The smallest absolute Gasteiger partial charge is 0.318 e. The van der Waals surface area contributed by atoms with E-state index in [-0.39, 0.29) is 18.1 Å². The van der Waals surface area contributed by atoms with Gasteiger partial charge < -0.3 is 19.5 Å². The number of ether oxygens (including phenoxy) is 1. The molecule has 128 valence electrons. The molecule has 0 radical (unpaired) electrons. The first-order valence-corrected chi connectivity index (χ1v) is 8.42. The molecule has 1 N–H and O–H groups in total. The molecule has 1 aromatic heterocycles. The van der Waals surface area contributed by atoms with E-state index in [9.17, 15) is 4.79 Å². The van der Waals surface area contributed by atoms with Crippen LogP contribution in [-0.2, 0) is 4.74 Å². The topological polar surface area (TPSA) is 59.4 Å². The lowest BCUT2D eigenvalue weighted by Gasteiger charge is -2.35. The Balaban J connectivity index is 1.69. The number of amides is 2. The van der Waals surface area contributed by atoms with Crippen molar-refractivity contribution in [3.05, 3.63) is 48.5 Å². The van der Waals surface area contributed by atoms with Gasteiger partial charge in [-0.3, -0.25) is 0 Å². The van der Waals surface area contributed by atoms with Crippen LogP contribution in [0, 0.1) is 0 Å². The van der Waals surface area contributed by atoms with Crippen LogP contribution >= 0.6 is 0 Å². The van der Waals surface area contributed by atoms with Gasteiger partial charge in [0.25, 0.3) is 0 Å². The second-order valence-corrected chi connectivity index (χ2v) is 6.07. The highest BCUT2D eigenvalue weighted by atomic mass is 16.5. The van der Waals surface area contributed by atoms with Crippen LogP contribution in [-0.4, -0.2) is 46.3 Å². The summed E-state index contributed by atoms with van der Waals surface area (Å²) < 4.78 is 7.42. The van der Waals surface area contributed by atoms with Crippen molar-refractivity contribution in [3.63, 3.8) is 0 Å². The highest BCUT2D eigenvalue weighted by Crippen LogP contribution is 2.18.